The van der Waals surface area contributed by atoms with Crippen LogP contribution in [0.25, 0.3) is 0 Å². The number of allylic oxidation sites excluding steroid dienone is 3. The quantitative estimate of drug-likeness (QED) is 0.368. The molecule has 4 fully saturated rings. The van der Waals surface area contributed by atoms with E-state index >= 15 is 0 Å². The van der Waals surface area contributed by atoms with Crippen molar-refractivity contribution >= 4 is 5.97 Å². The molecule has 3 aliphatic carbocycles. The Morgan fingerprint density at radius 1 is 1.21 bits per heavy atom. The molecule has 34 heavy (non-hydrogen) atoms. The highest BCUT2D eigenvalue weighted by Crippen LogP contribution is 2.60. The van der Waals surface area contributed by atoms with E-state index in [4.69, 9.17) is 4.74 Å². The van der Waals surface area contributed by atoms with Crippen LogP contribution >= 0.6 is 0 Å². The third-order valence-electron chi connectivity index (χ3n) is 9.61. The predicted octanol–water partition coefficient (Wildman–Crippen LogP) is 6.05. The van der Waals surface area contributed by atoms with Gasteiger partial charge in [-0.05, 0) is 85.7 Å². The van der Waals surface area contributed by atoms with Gasteiger partial charge in [0, 0.05) is 17.9 Å². The molecule has 4 heteroatoms. The number of carbonyl (C=O) groups is 1. The van der Waals surface area contributed by atoms with Crippen molar-refractivity contribution in [3.05, 3.63) is 47.6 Å². The third kappa shape index (κ3) is 4.73. The fourth-order valence-electron chi connectivity index (χ4n) is 7.76. The van der Waals surface area contributed by atoms with E-state index in [9.17, 15) is 15.0 Å². The lowest BCUT2D eigenvalue weighted by atomic mass is 9.60. The largest absolute Gasteiger partial charge is 0.458 e. The Bertz CT molecular complexity index is 882. The van der Waals surface area contributed by atoms with Gasteiger partial charge in [-0.25, -0.2) is 4.79 Å². The minimum atomic E-state index is -0.640. The molecule has 0 amide bonds. The molecular formula is C30H44O4. The van der Waals surface area contributed by atoms with Crippen molar-refractivity contribution in [3.8, 4) is 0 Å². The fraction of sp³-hybridized carbons (Fsp3) is 0.700. The van der Waals surface area contributed by atoms with Gasteiger partial charge in [-0.3, -0.25) is 0 Å². The summed E-state index contributed by atoms with van der Waals surface area (Å²) in [6, 6.07) is 0. The van der Waals surface area contributed by atoms with Gasteiger partial charge in [-0.15, -0.1) is 0 Å². The maximum Gasteiger partial charge on any atom is 0.334 e. The zero-order valence-corrected chi connectivity index (χ0v) is 21.4. The van der Waals surface area contributed by atoms with Gasteiger partial charge in [-0.1, -0.05) is 58.1 Å². The molecule has 2 unspecified atom stereocenters. The van der Waals surface area contributed by atoms with Crippen molar-refractivity contribution in [2.75, 3.05) is 0 Å². The van der Waals surface area contributed by atoms with Crippen LogP contribution in [0.15, 0.2) is 47.6 Å². The number of aliphatic hydroxyl groups is 2. The van der Waals surface area contributed by atoms with Gasteiger partial charge >= 0.3 is 5.97 Å². The van der Waals surface area contributed by atoms with Crippen LogP contribution in [0, 0.1) is 29.1 Å². The number of aliphatic hydroxyl groups excluding tert-OH is 2. The second kappa shape index (κ2) is 10.1. The average Bonchev–Trinajstić information content (AvgIpc) is 3.27. The summed E-state index contributed by atoms with van der Waals surface area (Å²) < 4.78 is 5.79. The normalized spacial score (nSPS) is 41.7. The number of cyclic esters (lactones) is 1. The molecule has 4 rings (SSSR count). The maximum atomic E-state index is 12.2. The summed E-state index contributed by atoms with van der Waals surface area (Å²) in [5.74, 6) is 1.68. The van der Waals surface area contributed by atoms with Crippen molar-refractivity contribution < 1.29 is 19.7 Å². The Morgan fingerprint density at radius 2 is 1.97 bits per heavy atom. The van der Waals surface area contributed by atoms with E-state index in [2.05, 4.69) is 46.1 Å². The first kappa shape index (κ1) is 25.4. The third-order valence-corrected chi connectivity index (χ3v) is 9.61. The Hall–Kier alpha value is -1.65. The molecule has 0 bridgehead atoms. The van der Waals surface area contributed by atoms with Crippen molar-refractivity contribution in [3.63, 3.8) is 0 Å². The van der Waals surface area contributed by atoms with Crippen LogP contribution in [0.2, 0.25) is 0 Å². The van der Waals surface area contributed by atoms with E-state index in [-0.39, 0.29) is 23.4 Å². The summed E-state index contributed by atoms with van der Waals surface area (Å²) in [5, 5.41) is 20.3. The lowest BCUT2D eigenvalue weighted by Crippen LogP contribution is -2.37. The number of hydrogen-bond acceptors (Lipinski definition) is 4. The molecule has 1 heterocycles. The first-order chi connectivity index (χ1) is 16.2. The Morgan fingerprint density at radius 3 is 2.71 bits per heavy atom. The zero-order chi connectivity index (χ0) is 24.6. The second-order valence-corrected chi connectivity index (χ2v) is 11.7. The molecule has 0 aromatic heterocycles. The SMILES string of the molecule is C=C1C(=O)OC(C[C@@H](C)[C@H]2CC[C@H]3/C(=C/C=C4/C[C@@H](O)C[C@H](O)C4=C)CCC[C@]23C)C1CCC. The number of fused-ring (bicyclic) bond motifs is 1. The highest BCUT2D eigenvalue weighted by atomic mass is 16.6. The summed E-state index contributed by atoms with van der Waals surface area (Å²) >= 11 is 0. The molecule has 2 N–H and O–H groups in total. The topological polar surface area (TPSA) is 66.8 Å². The van der Waals surface area contributed by atoms with E-state index < -0.39 is 12.2 Å². The molecule has 3 saturated carbocycles. The van der Waals surface area contributed by atoms with Crippen molar-refractivity contribution in [2.45, 2.75) is 103 Å². The number of ether oxygens (including phenoxy) is 1. The monoisotopic (exact) mass is 468 g/mol. The molecule has 0 aromatic carbocycles. The van der Waals surface area contributed by atoms with Gasteiger partial charge in [0.15, 0.2) is 0 Å². The fourth-order valence-corrected chi connectivity index (χ4v) is 7.76. The van der Waals surface area contributed by atoms with Crippen LogP contribution in [0.3, 0.4) is 0 Å². The number of carbonyl (C=O) groups excluding carboxylic acids is 1. The number of esters is 1. The standard InChI is InChI=1S/C30H44O4/c1-6-8-24-20(4)29(33)34-28(24)15-18(2)25-12-13-26-21(9-7-14-30(25,26)5)10-11-22-16-23(31)17-27(32)19(22)3/h10-11,18,23-28,31-32H,3-4,6-9,12-17H2,1-2,5H3/b21-10+,22-11-/t18-,23-,24?,25-,26+,27+,28?,30-/m1/s1. The van der Waals surface area contributed by atoms with Gasteiger partial charge < -0.3 is 14.9 Å². The minimum absolute atomic E-state index is 0.0175. The van der Waals surface area contributed by atoms with Crippen LogP contribution in [0.5, 0.6) is 0 Å². The first-order valence-corrected chi connectivity index (χ1v) is 13.5. The first-order valence-electron chi connectivity index (χ1n) is 13.5. The van der Waals surface area contributed by atoms with Crippen LogP contribution in [0.4, 0.5) is 0 Å². The summed E-state index contributed by atoms with van der Waals surface area (Å²) in [5.41, 5.74) is 4.20. The molecule has 8 atom stereocenters. The predicted molar refractivity (Wildman–Crippen MR) is 136 cm³/mol. The van der Waals surface area contributed by atoms with Crippen LogP contribution in [-0.4, -0.2) is 34.5 Å². The summed E-state index contributed by atoms with van der Waals surface area (Å²) in [7, 11) is 0. The maximum absolute atomic E-state index is 12.2. The smallest absolute Gasteiger partial charge is 0.334 e. The Kier molecular flexibility index (Phi) is 7.59. The van der Waals surface area contributed by atoms with E-state index in [0.29, 0.717) is 36.2 Å². The van der Waals surface area contributed by atoms with E-state index in [1.807, 2.05) is 0 Å². The molecule has 1 aliphatic heterocycles. The highest BCUT2D eigenvalue weighted by molar-refractivity contribution is 5.90. The summed E-state index contributed by atoms with van der Waals surface area (Å²) in [6.45, 7) is 15.1. The lowest BCUT2D eigenvalue weighted by Gasteiger charge is -2.44. The van der Waals surface area contributed by atoms with E-state index in [1.54, 1.807) is 0 Å². The molecule has 0 spiro atoms. The van der Waals surface area contributed by atoms with Crippen LogP contribution in [-0.2, 0) is 9.53 Å². The van der Waals surface area contributed by atoms with Gasteiger partial charge in [-0.2, -0.15) is 0 Å². The second-order valence-electron chi connectivity index (χ2n) is 11.7. The van der Waals surface area contributed by atoms with Crippen LogP contribution in [0.1, 0.15) is 85.0 Å². The van der Waals surface area contributed by atoms with Crippen LogP contribution < -0.4 is 0 Å². The zero-order valence-electron chi connectivity index (χ0n) is 21.4. The lowest BCUT2D eigenvalue weighted by molar-refractivity contribution is -0.140. The highest BCUT2D eigenvalue weighted by Gasteiger charge is 2.51. The molecule has 4 nitrogen and oxygen atoms in total. The van der Waals surface area contributed by atoms with Gasteiger partial charge in [0.1, 0.15) is 6.10 Å². The van der Waals surface area contributed by atoms with E-state index in [1.165, 1.54) is 31.3 Å². The van der Waals surface area contributed by atoms with Gasteiger partial charge in [0.25, 0.3) is 0 Å². The molecule has 4 aliphatic rings. The summed E-state index contributed by atoms with van der Waals surface area (Å²) in [4.78, 5) is 12.2. The minimum Gasteiger partial charge on any atom is -0.458 e. The summed E-state index contributed by atoms with van der Waals surface area (Å²) in [6.07, 6.45) is 13.2. The number of rotatable bonds is 6. The van der Waals surface area contributed by atoms with E-state index in [0.717, 1.165) is 36.8 Å². The average molecular weight is 469 g/mol. The molecule has 0 aromatic rings. The Balaban J connectivity index is 1.48. The molecule has 1 saturated heterocycles. The Labute approximate surface area is 205 Å². The van der Waals surface area contributed by atoms with Crippen molar-refractivity contribution in [1.82, 2.24) is 0 Å². The van der Waals surface area contributed by atoms with Crippen molar-refractivity contribution in [1.29, 1.82) is 0 Å². The van der Waals surface area contributed by atoms with Gasteiger partial charge in [0.2, 0.25) is 0 Å². The van der Waals surface area contributed by atoms with Gasteiger partial charge in [0.05, 0.1) is 12.2 Å². The molecular weight excluding hydrogens is 424 g/mol. The molecule has 188 valence electrons. The molecule has 0 radical (unpaired) electrons. The number of hydrogen-bond donors (Lipinski definition) is 2. The van der Waals surface area contributed by atoms with Crippen molar-refractivity contribution in [2.24, 2.45) is 29.1 Å².